The highest BCUT2D eigenvalue weighted by Gasteiger charge is 2.19. The Balaban J connectivity index is 2.01. The number of benzene rings is 2. The van der Waals surface area contributed by atoms with E-state index >= 15 is 0 Å². The first kappa shape index (κ1) is 23.0. The Hall–Kier alpha value is -3.30. The summed E-state index contributed by atoms with van der Waals surface area (Å²) in [6.45, 7) is 6.50. The second kappa shape index (κ2) is 12.3. The van der Waals surface area contributed by atoms with Gasteiger partial charge in [-0.05, 0) is 54.6 Å². The van der Waals surface area contributed by atoms with Gasteiger partial charge in [0.15, 0.2) is 6.61 Å². The lowest BCUT2D eigenvalue weighted by Crippen LogP contribution is -2.37. The highest BCUT2D eigenvalue weighted by atomic mass is 16.5. The van der Waals surface area contributed by atoms with Gasteiger partial charge in [-0.25, -0.2) is 0 Å². The Morgan fingerprint density at radius 3 is 2.53 bits per heavy atom. The molecule has 0 fully saturated rings. The van der Waals surface area contributed by atoms with E-state index in [0.29, 0.717) is 12.3 Å². The van der Waals surface area contributed by atoms with Crippen LogP contribution in [0, 0.1) is 11.3 Å². The number of ether oxygens (including phenoxy) is 2. The van der Waals surface area contributed by atoms with Crippen molar-refractivity contribution in [2.75, 3.05) is 33.4 Å². The second-order valence-corrected chi connectivity index (χ2v) is 6.61. The predicted octanol–water partition coefficient (Wildman–Crippen LogP) is 3.81. The summed E-state index contributed by atoms with van der Waals surface area (Å²) in [7, 11) is 1.65. The molecule has 0 heterocycles. The lowest BCUT2D eigenvalue weighted by atomic mass is 10.0. The minimum Gasteiger partial charge on any atom is -0.497 e. The molecule has 30 heavy (non-hydrogen) atoms. The number of methoxy groups -OCH3 is 1. The number of likely N-dealkylation sites (N-methyl/N-ethyl adjacent to an activating group) is 1. The number of nitrogens with zero attached hydrogens (tertiary/aromatic N) is 2. The number of amides is 1. The summed E-state index contributed by atoms with van der Waals surface area (Å²) in [6.07, 6.45) is 3.28. The van der Waals surface area contributed by atoms with Crippen LogP contribution >= 0.6 is 0 Å². The molecule has 0 aliphatic heterocycles. The predicted molar refractivity (Wildman–Crippen MR) is 118 cm³/mol. The Kier molecular flexibility index (Phi) is 9.43. The van der Waals surface area contributed by atoms with Gasteiger partial charge in [0, 0.05) is 12.6 Å². The van der Waals surface area contributed by atoms with E-state index < -0.39 is 0 Å². The summed E-state index contributed by atoms with van der Waals surface area (Å²) in [4.78, 5) is 14.7. The van der Waals surface area contributed by atoms with Crippen molar-refractivity contribution >= 4 is 12.0 Å². The van der Waals surface area contributed by atoms with E-state index in [0.717, 1.165) is 30.0 Å². The standard InChI is InChI=1S/C24H29N3O3/c1-4-27(5-2)23(20-7-6-8-22(17-20)29-3)18-26-24(28)14-11-19-9-12-21(13-10-19)30-16-15-25/h6-14,17,23H,4-5,16,18H2,1-3H3,(H,26,28)/b14-11+/t23-/m0/s1. The van der Waals surface area contributed by atoms with E-state index in [1.54, 1.807) is 25.3 Å². The maximum absolute atomic E-state index is 12.4. The molecule has 158 valence electrons. The van der Waals surface area contributed by atoms with Gasteiger partial charge in [0.25, 0.3) is 0 Å². The van der Waals surface area contributed by atoms with Gasteiger partial charge in [-0.3, -0.25) is 9.69 Å². The van der Waals surface area contributed by atoms with E-state index in [9.17, 15) is 4.79 Å². The summed E-state index contributed by atoms with van der Waals surface area (Å²) >= 11 is 0. The van der Waals surface area contributed by atoms with Crippen LogP contribution in [-0.4, -0.2) is 44.2 Å². The summed E-state index contributed by atoms with van der Waals surface area (Å²) < 4.78 is 10.6. The molecule has 0 saturated carbocycles. The van der Waals surface area contributed by atoms with Crippen molar-refractivity contribution in [2.45, 2.75) is 19.9 Å². The minimum absolute atomic E-state index is 0.0125. The summed E-state index contributed by atoms with van der Waals surface area (Å²) in [5.74, 6) is 1.27. The van der Waals surface area contributed by atoms with E-state index in [2.05, 4.69) is 30.1 Å². The Morgan fingerprint density at radius 1 is 1.17 bits per heavy atom. The van der Waals surface area contributed by atoms with Crippen LogP contribution in [0.3, 0.4) is 0 Å². The molecule has 0 bridgehead atoms. The third-order valence-corrected chi connectivity index (χ3v) is 4.81. The topological polar surface area (TPSA) is 74.6 Å². The molecular weight excluding hydrogens is 378 g/mol. The zero-order chi connectivity index (χ0) is 21.8. The van der Waals surface area contributed by atoms with Crippen molar-refractivity contribution in [2.24, 2.45) is 0 Å². The zero-order valence-electron chi connectivity index (χ0n) is 17.8. The molecule has 6 heteroatoms. The number of rotatable bonds is 11. The monoisotopic (exact) mass is 407 g/mol. The van der Waals surface area contributed by atoms with Gasteiger partial charge in [-0.2, -0.15) is 5.26 Å². The van der Waals surface area contributed by atoms with Crippen LogP contribution in [0.4, 0.5) is 0 Å². The Bertz CT molecular complexity index is 868. The maximum Gasteiger partial charge on any atom is 0.244 e. The van der Waals surface area contributed by atoms with Gasteiger partial charge >= 0.3 is 0 Å². The molecule has 0 aliphatic carbocycles. The van der Waals surface area contributed by atoms with Crippen molar-refractivity contribution in [1.29, 1.82) is 5.26 Å². The smallest absolute Gasteiger partial charge is 0.244 e. The summed E-state index contributed by atoms with van der Waals surface area (Å²) in [5.41, 5.74) is 1.98. The van der Waals surface area contributed by atoms with Gasteiger partial charge in [0.1, 0.15) is 17.6 Å². The van der Waals surface area contributed by atoms with Crippen LogP contribution in [0.5, 0.6) is 11.5 Å². The van der Waals surface area contributed by atoms with Crippen molar-refractivity contribution in [3.63, 3.8) is 0 Å². The molecule has 0 saturated heterocycles. The van der Waals surface area contributed by atoms with Crippen molar-refractivity contribution in [3.05, 3.63) is 65.7 Å². The maximum atomic E-state index is 12.4. The molecule has 0 aliphatic rings. The number of hydrogen-bond donors (Lipinski definition) is 1. The number of hydrogen-bond acceptors (Lipinski definition) is 5. The number of nitriles is 1. The normalized spacial score (nSPS) is 11.8. The lowest BCUT2D eigenvalue weighted by Gasteiger charge is -2.30. The van der Waals surface area contributed by atoms with Crippen LogP contribution in [0.25, 0.3) is 6.08 Å². The highest BCUT2D eigenvalue weighted by Crippen LogP contribution is 2.23. The third kappa shape index (κ3) is 6.94. The lowest BCUT2D eigenvalue weighted by molar-refractivity contribution is -0.116. The fourth-order valence-corrected chi connectivity index (χ4v) is 3.19. The summed E-state index contributed by atoms with van der Waals surface area (Å²) in [5, 5.41) is 11.6. The molecule has 6 nitrogen and oxygen atoms in total. The first-order valence-electron chi connectivity index (χ1n) is 10.0. The third-order valence-electron chi connectivity index (χ3n) is 4.81. The molecule has 2 aromatic rings. The largest absolute Gasteiger partial charge is 0.497 e. The number of nitrogens with one attached hydrogen (secondary N) is 1. The first-order valence-corrected chi connectivity index (χ1v) is 10.0. The van der Waals surface area contributed by atoms with E-state index in [1.807, 2.05) is 36.4 Å². The van der Waals surface area contributed by atoms with E-state index in [1.165, 1.54) is 6.08 Å². The van der Waals surface area contributed by atoms with Crippen LogP contribution in [0.15, 0.2) is 54.6 Å². The minimum atomic E-state index is -0.153. The first-order chi connectivity index (χ1) is 14.6. The van der Waals surface area contributed by atoms with Gasteiger partial charge in [0.05, 0.1) is 13.2 Å². The van der Waals surface area contributed by atoms with Crippen molar-refractivity contribution in [3.8, 4) is 17.6 Å². The quantitative estimate of drug-likeness (QED) is 0.574. The summed E-state index contributed by atoms with van der Waals surface area (Å²) in [6, 6.07) is 17.2. The van der Waals surface area contributed by atoms with Crippen LogP contribution in [0.2, 0.25) is 0 Å². The van der Waals surface area contributed by atoms with Crippen LogP contribution in [0.1, 0.15) is 31.0 Å². The molecule has 1 amide bonds. The number of carbonyl (C=O) groups excluding carboxylic acids is 1. The molecule has 2 aromatic carbocycles. The molecule has 0 unspecified atom stereocenters. The molecular formula is C24H29N3O3. The average Bonchev–Trinajstić information content (AvgIpc) is 2.79. The fourth-order valence-electron chi connectivity index (χ4n) is 3.19. The van der Waals surface area contributed by atoms with E-state index in [-0.39, 0.29) is 18.6 Å². The zero-order valence-corrected chi connectivity index (χ0v) is 17.8. The van der Waals surface area contributed by atoms with Crippen LogP contribution < -0.4 is 14.8 Å². The number of carbonyl (C=O) groups is 1. The van der Waals surface area contributed by atoms with Crippen molar-refractivity contribution < 1.29 is 14.3 Å². The SMILES string of the molecule is CCN(CC)[C@@H](CNC(=O)/C=C/c1ccc(OCC#N)cc1)c1cccc(OC)c1. The molecule has 2 rings (SSSR count). The molecule has 0 spiro atoms. The average molecular weight is 408 g/mol. The molecule has 0 aromatic heterocycles. The molecule has 1 N–H and O–H groups in total. The fraction of sp³-hybridized carbons (Fsp3) is 0.333. The Labute approximate surface area is 178 Å². The molecule has 0 radical (unpaired) electrons. The van der Waals surface area contributed by atoms with Crippen LogP contribution in [-0.2, 0) is 4.79 Å². The van der Waals surface area contributed by atoms with Crippen molar-refractivity contribution in [1.82, 2.24) is 10.2 Å². The van der Waals surface area contributed by atoms with Gasteiger partial charge in [-0.1, -0.05) is 38.1 Å². The Morgan fingerprint density at radius 2 is 1.90 bits per heavy atom. The van der Waals surface area contributed by atoms with Gasteiger partial charge < -0.3 is 14.8 Å². The molecule has 1 atom stereocenters. The van der Waals surface area contributed by atoms with E-state index in [4.69, 9.17) is 14.7 Å². The highest BCUT2D eigenvalue weighted by molar-refractivity contribution is 5.91. The second-order valence-electron chi connectivity index (χ2n) is 6.61. The van der Waals surface area contributed by atoms with Gasteiger partial charge in [0.2, 0.25) is 5.91 Å². The van der Waals surface area contributed by atoms with Gasteiger partial charge in [-0.15, -0.1) is 0 Å².